The Labute approximate surface area is 159 Å². The fourth-order valence-electron chi connectivity index (χ4n) is 3.33. The molecule has 0 fully saturated rings. The fourth-order valence-corrected chi connectivity index (χ4v) is 4.40. The molecule has 0 nitrogen and oxygen atoms in total. The molecule has 0 atom stereocenters. The molecule has 0 aliphatic rings. The highest BCUT2D eigenvalue weighted by Crippen LogP contribution is 2.34. The van der Waals surface area contributed by atoms with Crippen LogP contribution in [0.3, 0.4) is 0 Å². The van der Waals surface area contributed by atoms with E-state index in [0.29, 0.717) is 5.92 Å². The van der Waals surface area contributed by atoms with Gasteiger partial charge < -0.3 is 0 Å². The maximum atomic E-state index is 2.51. The lowest BCUT2D eigenvalue weighted by atomic mass is 9.83. The molecule has 3 aromatic carbocycles. The second-order valence-corrected chi connectivity index (χ2v) is 7.19. The van der Waals surface area contributed by atoms with Crippen molar-refractivity contribution in [3.05, 3.63) is 104 Å². The van der Waals surface area contributed by atoms with E-state index in [9.17, 15) is 0 Å². The molecule has 1 heteroatoms. The highest BCUT2D eigenvalue weighted by atomic mass is 127. The first-order valence-electron chi connectivity index (χ1n) is 8.65. The number of hydrogen-bond donors (Lipinski definition) is 0. The molecule has 0 saturated carbocycles. The first kappa shape index (κ1) is 17.2. The molecule has 24 heavy (non-hydrogen) atoms. The summed E-state index contributed by atoms with van der Waals surface area (Å²) in [4.78, 5) is 0. The van der Waals surface area contributed by atoms with E-state index in [2.05, 4.69) is 109 Å². The van der Waals surface area contributed by atoms with Crippen LogP contribution in [0.5, 0.6) is 0 Å². The summed E-state index contributed by atoms with van der Waals surface area (Å²) in [5.41, 5.74) is 7.04. The van der Waals surface area contributed by atoms with E-state index >= 15 is 0 Å². The molecule has 0 unspecified atom stereocenters. The number of benzene rings is 3. The Bertz CT molecular complexity index is 726. The molecule has 0 spiro atoms. The Balaban J connectivity index is 2.20. The van der Waals surface area contributed by atoms with Crippen LogP contribution in [0.4, 0.5) is 0 Å². The van der Waals surface area contributed by atoms with Gasteiger partial charge in [0.1, 0.15) is 0 Å². The van der Waals surface area contributed by atoms with E-state index in [0.717, 1.165) is 12.8 Å². The summed E-state index contributed by atoms with van der Waals surface area (Å²) in [6.45, 7) is 4.50. The van der Waals surface area contributed by atoms with Crippen molar-refractivity contribution in [1.29, 1.82) is 0 Å². The summed E-state index contributed by atoms with van der Waals surface area (Å²) < 4.78 is 1.43. The van der Waals surface area contributed by atoms with E-state index in [4.69, 9.17) is 0 Å². The van der Waals surface area contributed by atoms with E-state index in [-0.39, 0.29) is 0 Å². The molecule has 0 heterocycles. The van der Waals surface area contributed by atoms with Gasteiger partial charge in [0.15, 0.2) is 0 Å². The smallest absolute Gasteiger partial charge is 0.0340 e. The molecular weight excluding hydrogens is 403 g/mol. The topological polar surface area (TPSA) is 0 Å². The number of hydrogen-bond acceptors (Lipinski definition) is 0. The Morgan fingerprint density at radius 3 is 1.46 bits per heavy atom. The number of rotatable bonds is 5. The van der Waals surface area contributed by atoms with Gasteiger partial charge in [0, 0.05) is 9.49 Å². The van der Waals surface area contributed by atoms with Crippen molar-refractivity contribution in [2.45, 2.75) is 32.6 Å². The van der Waals surface area contributed by atoms with E-state index in [1.165, 1.54) is 31.4 Å². The van der Waals surface area contributed by atoms with Gasteiger partial charge in [0.2, 0.25) is 0 Å². The van der Waals surface area contributed by atoms with Gasteiger partial charge >= 0.3 is 0 Å². The number of aryl methyl sites for hydroxylation is 2. The van der Waals surface area contributed by atoms with Gasteiger partial charge in [-0.3, -0.25) is 0 Å². The quantitative estimate of drug-likeness (QED) is 0.319. The molecular formula is C23H23I. The zero-order chi connectivity index (χ0) is 16.9. The van der Waals surface area contributed by atoms with Crippen LogP contribution in [0.1, 0.15) is 47.6 Å². The summed E-state index contributed by atoms with van der Waals surface area (Å²) in [6.07, 6.45) is 2.16. The van der Waals surface area contributed by atoms with Crippen molar-refractivity contribution in [3.8, 4) is 0 Å². The van der Waals surface area contributed by atoms with Crippen molar-refractivity contribution < 1.29 is 0 Å². The summed E-state index contributed by atoms with van der Waals surface area (Å²) in [5.74, 6) is 0.292. The molecule has 122 valence electrons. The Kier molecular flexibility index (Phi) is 5.72. The Morgan fingerprint density at radius 2 is 1.08 bits per heavy atom. The second kappa shape index (κ2) is 7.98. The van der Waals surface area contributed by atoms with Crippen molar-refractivity contribution >= 4 is 22.6 Å². The monoisotopic (exact) mass is 426 g/mol. The van der Waals surface area contributed by atoms with Crippen LogP contribution in [0, 0.1) is 3.57 Å². The van der Waals surface area contributed by atoms with Crippen LogP contribution in [-0.2, 0) is 12.8 Å². The molecule has 0 aliphatic heterocycles. The van der Waals surface area contributed by atoms with Crippen LogP contribution in [0.2, 0.25) is 0 Å². The lowest BCUT2D eigenvalue weighted by Gasteiger charge is -2.21. The third kappa shape index (κ3) is 3.56. The summed E-state index contributed by atoms with van der Waals surface area (Å²) in [5, 5.41) is 0. The molecule has 0 amide bonds. The van der Waals surface area contributed by atoms with Crippen LogP contribution in [0.25, 0.3) is 0 Å². The van der Waals surface area contributed by atoms with Crippen LogP contribution in [-0.4, -0.2) is 0 Å². The van der Waals surface area contributed by atoms with Crippen LogP contribution in [0.15, 0.2) is 72.8 Å². The molecule has 3 rings (SSSR count). The van der Waals surface area contributed by atoms with Gasteiger partial charge in [-0.25, -0.2) is 0 Å². The largest absolute Gasteiger partial charge is 0.0622 e. The van der Waals surface area contributed by atoms with Crippen molar-refractivity contribution in [1.82, 2.24) is 0 Å². The summed E-state index contributed by atoms with van der Waals surface area (Å²) in [7, 11) is 0. The van der Waals surface area contributed by atoms with Crippen LogP contribution >= 0.6 is 22.6 Å². The molecule has 0 aromatic heterocycles. The molecule has 0 saturated heterocycles. The maximum Gasteiger partial charge on any atom is 0.0340 e. The van der Waals surface area contributed by atoms with Gasteiger partial charge in [-0.15, -0.1) is 0 Å². The van der Waals surface area contributed by atoms with Gasteiger partial charge in [0.05, 0.1) is 0 Å². The molecule has 0 aliphatic carbocycles. The minimum Gasteiger partial charge on any atom is -0.0622 e. The lowest BCUT2D eigenvalue weighted by Crippen LogP contribution is -2.06. The standard InChI is InChI=1S/C23H23I/c1-3-17-15-21(16-18(4-2)23(17)24)22(19-11-7-5-8-12-19)20-13-9-6-10-14-20/h5-16,22H,3-4H2,1-2H3. The summed E-state index contributed by atoms with van der Waals surface area (Å²) >= 11 is 2.51. The normalized spacial score (nSPS) is 11.0. The molecule has 3 aromatic rings. The van der Waals surface area contributed by atoms with Gasteiger partial charge in [-0.05, 0) is 63.2 Å². The van der Waals surface area contributed by atoms with Crippen LogP contribution < -0.4 is 0 Å². The minimum atomic E-state index is 0.292. The van der Waals surface area contributed by atoms with E-state index in [1.807, 2.05) is 0 Å². The average Bonchev–Trinajstić information content (AvgIpc) is 2.65. The zero-order valence-corrected chi connectivity index (χ0v) is 16.5. The highest BCUT2D eigenvalue weighted by molar-refractivity contribution is 14.1. The minimum absolute atomic E-state index is 0.292. The van der Waals surface area contributed by atoms with Gasteiger partial charge in [-0.1, -0.05) is 86.6 Å². The fraction of sp³-hybridized carbons (Fsp3) is 0.217. The zero-order valence-electron chi connectivity index (χ0n) is 14.3. The third-order valence-electron chi connectivity index (χ3n) is 4.61. The maximum absolute atomic E-state index is 2.51. The van der Waals surface area contributed by atoms with Crippen molar-refractivity contribution in [2.75, 3.05) is 0 Å². The first-order chi connectivity index (χ1) is 11.7. The SMILES string of the molecule is CCc1cc(C(c2ccccc2)c2ccccc2)cc(CC)c1I. The molecule has 0 bridgehead atoms. The second-order valence-electron chi connectivity index (χ2n) is 6.11. The van der Waals surface area contributed by atoms with Gasteiger partial charge in [0.25, 0.3) is 0 Å². The Hall–Kier alpha value is -1.61. The average molecular weight is 426 g/mol. The predicted molar refractivity (Wildman–Crippen MR) is 112 cm³/mol. The number of halogens is 1. The summed E-state index contributed by atoms with van der Waals surface area (Å²) in [6, 6.07) is 26.5. The van der Waals surface area contributed by atoms with E-state index in [1.54, 1.807) is 0 Å². The lowest BCUT2D eigenvalue weighted by molar-refractivity contribution is 0.950. The Morgan fingerprint density at radius 1 is 0.667 bits per heavy atom. The molecule has 0 N–H and O–H groups in total. The predicted octanol–water partition coefficient (Wildman–Crippen LogP) is 6.60. The van der Waals surface area contributed by atoms with Crippen molar-refractivity contribution in [3.63, 3.8) is 0 Å². The molecule has 0 radical (unpaired) electrons. The third-order valence-corrected chi connectivity index (χ3v) is 5.99. The van der Waals surface area contributed by atoms with E-state index < -0.39 is 0 Å². The van der Waals surface area contributed by atoms with Gasteiger partial charge in [-0.2, -0.15) is 0 Å². The first-order valence-corrected chi connectivity index (χ1v) is 9.73. The highest BCUT2D eigenvalue weighted by Gasteiger charge is 2.18. The van der Waals surface area contributed by atoms with Crippen molar-refractivity contribution in [2.24, 2.45) is 0 Å².